The van der Waals surface area contributed by atoms with E-state index in [4.69, 9.17) is 5.73 Å². The van der Waals surface area contributed by atoms with E-state index in [-0.39, 0.29) is 11.9 Å². The van der Waals surface area contributed by atoms with Gasteiger partial charge < -0.3 is 11.1 Å². The van der Waals surface area contributed by atoms with Gasteiger partial charge in [-0.2, -0.15) is 13.2 Å². The van der Waals surface area contributed by atoms with Crippen LogP contribution in [0, 0.1) is 0 Å². The van der Waals surface area contributed by atoms with Gasteiger partial charge in [0.2, 0.25) is 5.91 Å². The first kappa shape index (κ1) is 17.9. The van der Waals surface area contributed by atoms with Crippen molar-refractivity contribution >= 4 is 11.6 Å². The molecular weight excluding hydrogens is 353 g/mol. The van der Waals surface area contributed by atoms with Crippen LogP contribution in [0.1, 0.15) is 54.0 Å². The van der Waals surface area contributed by atoms with Gasteiger partial charge in [0.1, 0.15) is 0 Å². The van der Waals surface area contributed by atoms with Crippen LogP contribution < -0.4 is 11.1 Å². The number of fused-ring (bicyclic) bond motifs is 1. The number of carbonyl (C=O) groups is 1. The molecule has 27 heavy (non-hydrogen) atoms. The van der Waals surface area contributed by atoms with Gasteiger partial charge in [0.05, 0.1) is 17.0 Å². The van der Waals surface area contributed by atoms with E-state index in [1.807, 2.05) is 18.2 Å². The number of amides is 1. The summed E-state index contributed by atoms with van der Waals surface area (Å²) in [6, 6.07) is 10.7. The third-order valence-corrected chi connectivity index (χ3v) is 5.71. The zero-order valence-corrected chi connectivity index (χ0v) is 14.8. The number of halogens is 3. The summed E-state index contributed by atoms with van der Waals surface area (Å²) in [5, 5.41) is 3.09. The highest BCUT2D eigenvalue weighted by atomic mass is 19.4. The molecule has 1 saturated carbocycles. The number of rotatable bonds is 3. The number of hydrogen-bond donors (Lipinski definition) is 2. The second-order valence-electron chi connectivity index (χ2n) is 7.54. The average molecular weight is 374 g/mol. The van der Waals surface area contributed by atoms with Crippen molar-refractivity contribution in [3.8, 4) is 0 Å². The second kappa shape index (κ2) is 6.29. The van der Waals surface area contributed by atoms with E-state index in [0.717, 1.165) is 42.5 Å². The summed E-state index contributed by atoms with van der Waals surface area (Å²) < 4.78 is 39.1. The van der Waals surface area contributed by atoms with E-state index in [9.17, 15) is 18.0 Å². The van der Waals surface area contributed by atoms with Crippen molar-refractivity contribution in [2.45, 2.75) is 49.7 Å². The Morgan fingerprint density at radius 1 is 1.15 bits per heavy atom. The van der Waals surface area contributed by atoms with Crippen LogP contribution in [0.3, 0.4) is 0 Å². The van der Waals surface area contributed by atoms with Crippen LogP contribution in [0.25, 0.3) is 0 Å². The van der Waals surface area contributed by atoms with Gasteiger partial charge in [-0.1, -0.05) is 24.3 Å². The maximum Gasteiger partial charge on any atom is 0.416 e. The summed E-state index contributed by atoms with van der Waals surface area (Å²) >= 11 is 0. The minimum absolute atomic E-state index is 0.120. The van der Waals surface area contributed by atoms with E-state index in [1.54, 1.807) is 6.07 Å². The van der Waals surface area contributed by atoms with E-state index >= 15 is 0 Å². The molecule has 0 bridgehead atoms. The Kier molecular flexibility index (Phi) is 4.17. The number of hydrogen-bond acceptors (Lipinski definition) is 2. The lowest BCUT2D eigenvalue weighted by Crippen LogP contribution is -2.38. The van der Waals surface area contributed by atoms with Crippen LogP contribution in [0.2, 0.25) is 0 Å². The minimum Gasteiger partial charge on any atom is -0.399 e. The molecule has 0 radical (unpaired) electrons. The molecule has 0 aromatic heterocycles. The van der Waals surface area contributed by atoms with Gasteiger partial charge in [-0.15, -0.1) is 0 Å². The highest BCUT2D eigenvalue weighted by molar-refractivity contribution is 5.91. The molecule has 2 aromatic rings. The fourth-order valence-electron chi connectivity index (χ4n) is 4.05. The maximum atomic E-state index is 13.0. The second-order valence-corrected chi connectivity index (χ2v) is 7.54. The van der Waals surface area contributed by atoms with E-state index in [2.05, 4.69) is 5.32 Å². The number of aryl methyl sites for hydroxylation is 1. The lowest BCUT2D eigenvalue weighted by Gasteiger charge is -2.28. The van der Waals surface area contributed by atoms with Crippen LogP contribution in [0.4, 0.5) is 18.9 Å². The normalized spacial score (nSPS) is 20.6. The maximum absolute atomic E-state index is 13.0. The number of benzene rings is 2. The topological polar surface area (TPSA) is 55.1 Å². The molecule has 142 valence electrons. The molecule has 2 aliphatic rings. The molecule has 4 rings (SSSR count). The van der Waals surface area contributed by atoms with Gasteiger partial charge in [-0.3, -0.25) is 4.79 Å². The summed E-state index contributed by atoms with van der Waals surface area (Å²) in [4.78, 5) is 13.0. The summed E-state index contributed by atoms with van der Waals surface area (Å²) in [7, 11) is 0. The number of nitrogen functional groups attached to an aromatic ring is 1. The smallest absolute Gasteiger partial charge is 0.399 e. The van der Waals surface area contributed by atoms with Crippen molar-refractivity contribution in [2.75, 3.05) is 5.73 Å². The first-order valence-corrected chi connectivity index (χ1v) is 9.17. The Bertz CT molecular complexity index is 887. The SMILES string of the molecule is Nc1ccc2c(c1)CCCC2NC(=O)C1(c2cccc(C(F)(F)F)c2)CC1. The number of nitrogens with one attached hydrogen (secondary N) is 1. The highest BCUT2D eigenvalue weighted by Gasteiger charge is 2.52. The summed E-state index contributed by atoms with van der Waals surface area (Å²) in [5.41, 5.74) is 7.64. The van der Waals surface area contributed by atoms with Crippen LogP contribution in [0.5, 0.6) is 0 Å². The van der Waals surface area contributed by atoms with Crippen molar-refractivity contribution in [3.05, 3.63) is 64.7 Å². The zero-order valence-electron chi connectivity index (χ0n) is 14.8. The van der Waals surface area contributed by atoms with Crippen molar-refractivity contribution < 1.29 is 18.0 Å². The first-order valence-electron chi connectivity index (χ1n) is 9.17. The molecular formula is C21H21F3N2O. The van der Waals surface area contributed by atoms with Gasteiger partial charge in [0.25, 0.3) is 0 Å². The molecule has 1 atom stereocenters. The Labute approximate surface area is 155 Å². The molecule has 1 fully saturated rings. The molecule has 0 saturated heterocycles. The van der Waals surface area contributed by atoms with E-state index in [0.29, 0.717) is 24.1 Å². The molecule has 2 aliphatic carbocycles. The Morgan fingerprint density at radius 3 is 2.63 bits per heavy atom. The lowest BCUT2D eigenvalue weighted by atomic mass is 9.86. The van der Waals surface area contributed by atoms with E-state index in [1.165, 1.54) is 6.07 Å². The molecule has 3 nitrogen and oxygen atoms in total. The van der Waals surface area contributed by atoms with Crippen molar-refractivity contribution in [2.24, 2.45) is 0 Å². The molecule has 1 amide bonds. The quantitative estimate of drug-likeness (QED) is 0.777. The fourth-order valence-corrected chi connectivity index (χ4v) is 4.05. The lowest BCUT2D eigenvalue weighted by molar-refractivity contribution is -0.137. The molecule has 0 heterocycles. The molecule has 6 heteroatoms. The van der Waals surface area contributed by atoms with E-state index < -0.39 is 17.2 Å². The zero-order chi connectivity index (χ0) is 19.2. The summed E-state index contributed by atoms with van der Waals surface area (Å²) in [5.74, 6) is -0.184. The van der Waals surface area contributed by atoms with Gasteiger partial charge in [-0.05, 0) is 67.0 Å². The number of alkyl halides is 3. The molecule has 0 aliphatic heterocycles. The number of anilines is 1. The summed E-state index contributed by atoms with van der Waals surface area (Å²) in [6.45, 7) is 0. The summed E-state index contributed by atoms with van der Waals surface area (Å²) in [6.07, 6.45) is -0.585. The van der Waals surface area contributed by atoms with Crippen molar-refractivity contribution in [1.82, 2.24) is 5.32 Å². The van der Waals surface area contributed by atoms with Gasteiger partial charge in [0, 0.05) is 5.69 Å². The van der Waals surface area contributed by atoms with Crippen molar-refractivity contribution in [3.63, 3.8) is 0 Å². The molecule has 1 unspecified atom stereocenters. The average Bonchev–Trinajstić information content (AvgIpc) is 3.43. The van der Waals surface area contributed by atoms with Crippen LogP contribution in [-0.4, -0.2) is 5.91 Å². The molecule has 3 N–H and O–H groups in total. The Hall–Kier alpha value is -2.50. The number of nitrogens with two attached hydrogens (primary N) is 1. The third-order valence-electron chi connectivity index (χ3n) is 5.71. The van der Waals surface area contributed by atoms with Crippen LogP contribution in [0.15, 0.2) is 42.5 Å². The van der Waals surface area contributed by atoms with Crippen LogP contribution >= 0.6 is 0 Å². The first-order chi connectivity index (χ1) is 12.8. The predicted octanol–water partition coefficient (Wildman–Crippen LogP) is 4.51. The molecule has 2 aromatic carbocycles. The molecule has 0 spiro atoms. The Morgan fingerprint density at radius 2 is 1.93 bits per heavy atom. The van der Waals surface area contributed by atoms with Crippen LogP contribution in [-0.2, 0) is 22.8 Å². The van der Waals surface area contributed by atoms with Gasteiger partial charge >= 0.3 is 6.18 Å². The largest absolute Gasteiger partial charge is 0.416 e. The monoisotopic (exact) mass is 374 g/mol. The highest BCUT2D eigenvalue weighted by Crippen LogP contribution is 2.50. The predicted molar refractivity (Wildman–Crippen MR) is 97.0 cm³/mol. The van der Waals surface area contributed by atoms with Gasteiger partial charge in [0.15, 0.2) is 0 Å². The van der Waals surface area contributed by atoms with Gasteiger partial charge in [-0.25, -0.2) is 0 Å². The Balaban J connectivity index is 1.58. The number of carbonyl (C=O) groups excluding carboxylic acids is 1. The third kappa shape index (κ3) is 3.29. The standard InChI is InChI=1S/C21H21F3N2O/c22-21(23,24)15-5-2-4-14(12-15)20(9-10-20)19(27)26-18-6-1-3-13-11-16(25)7-8-17(13)18/h2,4-5,7-8,11-12,18H,1,3,6,9-10,25H2,(H,26,27). The fraction of sp³-hybridized carbons (Fsp3) is 0.381. The van der Waals surface area contributed by atoms with Crippen molar-refractivity contribution in [1.29, 1.82) is 0 Å². The minimum atomic E-state index is -4.41.